The van der Waals surface area contributed by atoms with E-state index >= 15 is 0 Å². The van der Waals surface area contributed by atoms with E-state index in [4.69, 9.17) is 0 Å². The van der Waals surface area contributed by atoms with Crippen molar-refractivity contribution in [1.82, 2.24) is 4.57 Å². The molecule has 230 valence electrons. The number of thiophene rings is 1. The highest BCUT2D eigenvalue weighted by atomic mass is 32.1. The minimum Gasteiger partial charge on any atom is -0.308 e. The van der Waals surface area contributed by atoms with Gasteiger partial charge in [0.25, 0.3) is 0 Å². The third kappa shape index (κ3) is 3.64. The highest BCUT2D eigenvalue weighted by Crippen LogP contribution is 2.51. The quantitative estimate of drug-likeness (QED) is 0.177. The van der Waals surface area contributed by atoms with Crippen LogP contribution in [-0.4, -0.2) is 4.57 Å². The van der Waals surface area contributed by atoms with E-state index in [1.807, 2.05) is 11.3 Å². The SMILES string of the molecule is CC1(C)c2ccccc2-c2ccc(-n3c4ccc(-c5ccc6ccccc6c5)cc4c4c5ccccc5c5c6ccccc6sc5c43)cc21. The number of hydrogen-bond acceptors (Lipinski definition) is 1. The van der Waals surface area contributed by atoms with Gasteiger partial charge < -0.3 is 4.57 Å². The molecule has 0 radical (unpaired) electrons. The summed E-state index contributed by atoms with van der Waals surface area (Å²) in [6.45, 7) is 4.75. The molecular formula is C47H31NS. The predicted molar refractivity (Wildman–Crippen MR) is 212 cm³/mol. The molecular weight excluding hydrogens is 611 g/mol. The van der Waals surface area contributed by atoms with E-state index in [0.717, 1.165) is 0 Å². The van der Waals surface area contributed by atoms with E-state index in [2.05, 4.69) is 170 Å². The van der Waals surface area contributed by atoms with Gasteiger partial charge in [0.15, 0.2) is 0 Å². The molecule has 49 heavy (non-hydrogen) atoms. The van der Waals surface area contributed by atoms with Crippen LogP contribution in [0.2, 0.25) is 0 Å². The summed E-state index contributed by atoms with van der Waals surface area (Å²) in [5.74, 6) is 0. The zero-order valence-corrected chi connectivity index (χ0v) is 28.1. The average molecular weight is 642 g/mol. The maximum absolute atomic E-state index is 2.57. The molecule has 2 heterocycles. The summed E-state index contributed by atoms with van der Waals surface area (Å²) in [5, 5.41) is 10.5. The maximum Gasteiger partial charge on any atom is 0.0726 e. The number of benzene rings is 8. The first-order valence-electron chi connectivity index (χ1n) is 17.1. The molecule has 2 heteroatoms. The number of fused-ring (bicyclic) bond motifs is 14. The van der Waals surface area contributed by atoms with Crippen molar-refractivity contribution >= 4 is 74.9 Å². The van der Waals surface area contributed by atoms with E-state index in [1.54, 1.807) is 0 Å². The van der Waals surface area contributed by atoms with Crippen LogP contribution in [0.4, 0.5) is 0 Å². The van der Waals surface area contributed by atoms with Gasteiger partial charge in [0.1, 0.15) is 0 Å². The Morgan fingerprint density at radius 1 is 0.490 bits per heavy atom. The molecule has 11 rings (SSSR count). The van der Waals surface area contributed by atoms with Crippen molar-refractivity contribution in [3.63, 3.8) is 0 Å². The van der Waals surface area contributed by atoms with Crippen LogP contribution in [0.15, 0.2) is 152 Å². The van der Waals surface area contributed by atoms with Crippen LogP contribution in [0, 0.1) is 0 Å². The van der Waals surface area contributed by atoms with Gasteiger partial charge in [-0.05, 0) is 91.3 Å². The second-order valence-corrected chi connectivity index (χ2v) is 15.2. The minimum absolute atomic E-state index is 0.0798. The van der Waals surface area contributed by atoms with Crippen LogP contribution in [0.3, 0.4) is 0 Å². The molecule has 0 saturated carbocycles. The number of aromatic nitrogens is 1. The molecule has 1 aliphatic rings. The van der Waals surface area contributed by atoms with Gasteiger partial charge >= 0.3 is 0 Å². The average Bonchev–Trinajstić information content (AvgIpc) is 3.78. The highest BCUT2D eigenvalue weighted by molar-refractivity contribution is 7.27. The van der Waals surface area contributed by atoms with Gasteiger partial charge in [-0.3, -0.25) is 0 Å². The Hall–Kier alpha value is -5.70. The van der Waals surface area contributed by atoms with E-state index in [0.29, 0.717) is 0 Å². The molecule has 0 amide bonds. The summed E-state index contributed by atoms with van der Waals surface area (Å²) in [7, 11) is 0. The Labute approximate surface area is 288 Å². The minimum atomic E-state index is -0.0798. The molecule has 10 aromatic rings. The molecule has 1 nitrogen and oxygen atoms in total. The lowest BCUT2D eigenvalue weighted by atomic mass is 9.82. The zero-order chi connectivity index (χ0) is 32.4. The molecule has 0 unspecified atom stereocenters. The van der Waals surface area contributed by atoms with Crippen molar-refractivity contribution in [3.05, 3.63) is 163 Å². The summed E-state index contributed by atoms with van der Waals surface area (Å²) < 4.78 is 5.24. The molecule has 1 aliphatic carbocycles. The van der Waals surface area contributed by atoms with E-state index in [9.17, 15) is 0 Å². The van der Waals surface area contributed by atoms with Crippen molar-refractivity contribution in [2.24, 2.45) is 0 Å². The third-order valence-electron chi connectivity index (χ3n) is 11.2. The van der Waals surface area contributed by atoms with Crippen LogP contribution in [0.1, 0.15) is 25.0 Å². The van der Waals surface area contributed by atoms with Crippen molar-refractivity contribution in [2.45, 2.75) is 19.3 Å². The molecule has 0 fully saturated rings. The lowest BCUT2D eigenvalue weighted by Crippen LogP contribution is -2.15. The van der Waals surface area contributed by atoms with Crippen LogP contribution >= 0.6 is 11.3 Å². The lowest BCUT2D eigenvalue weighted by Gasteiger charge is -2.22. The fraction of sp³-hybridized carbons (Fsp3) is 0.0638. The fourth-order valence-electron chi connectivity index (χ4n) is 8.83. The summed E-state index contributed by atoms with van der Waals surface area (Å²) in [6, 6.07) is 56.7. The first-order valence-corrected chi connectivity index (χ1v) is 17.9. The van der Waals surface area contributed by atoms with Gasteiger partial charge in [-0.1, -0.05) is 129 Å². The Morgan fingerprint density at radius 2 is 1.16 bits per heavy atom. The Morgan fingerprint density at radius 3 is 2.04 bits per heavy atom. The van der Waals surface area contributed by atoms with Crippen molar-refractivity contribution < 1.29 is 0 Å². The third-order valence-corrected chi connectivity index (χ3v) is 12.3. The van der Waals surface area contributed by atoms with Gasteiger partial charge in [-0.15, -0.1) is 11.3 Å². The number of rotatable bonds is 2. The summed E-state index contributed by atoms with van der Waals surface area (Å²) in [6.07, 6.45) is 0. The smallest absolute Gasteiger partial charge is 0.0726 e. The molecule has 0 atom stereocenters. The second kappa shape index (κ2) is 9.69. The Kier molecular flexibility index (Phi) is 5.39. The molecule has 2 aromatic heterocycles. The van der Waals surface area contributed by atoms with Crippen molar-refractivity contribution in [2.75, 3.05) is 0 Å². The number of hydrogen-bond donors (Lipinski definition) is 0. The van der Waals surface area contributed by atoms with Gasteiger partial charge in [0.2, 0.25) is 0 Å². The standard InChI is InChI=1S/C47H31NS/c1-47(2)39-17-9-7-13-33(39)34-23-22-32(27-40(34)47)48-41-24-21-31(30-20-19-28-11-3-4-12-29(28)25-30)26-38(41)43-35-14-5-6-15-36(35)44-37-16-8-10-18-42(37)49-46(44)45(43)48/h3-27H,1-2H3. The van der Waals surface area contributed by atoms with Crippen molar-refractivity contribution in [1.29, 1.82) is 0 Å². The van der Waals surface area contributed by atoms with Crippen LogP contribution in [0.5, 0.6) is 0 Å². The zero-order valence-electron chi connectivity index (χ0n) is 27.3. The number of nitrogens with zero attached hydrogens (tertiary/aromatic N) is 1. The van der Waals surface area contributed by atoms with Crippen molar-refractivity contribution in [3.8, 4) is 27.9 Å². The molecule has 0 saturated heterocycles. The first kappa shape index (κ1) is 27.3. The Balaban J connectivity index is 1.29. The summed E-state index contributed by atoms with van der Waals surface area (Å²) >= 11 is 1.93. The van der Waals surface area contributed by atoms with Crippen LogP contribution in [-0.2, 0) is 5.41 Å². The van der Waals surface area contributed by atoms with Gasteiger partial charge in [-0.25, -0.2) is 0 Å². The second-order valence-electron chi connectivity index (χ2n) is 14.1. The van der Waals surface area contributed by atoms with Crippen LogP contribution in [0.25, 0.3) is 91.5 Å². The van der Waals surface area contributed by atoms with E-state index in [1.165, 1.54) is 103 Å². The normalized spacial score (nSPS) is 13.7. The Bertz CT molecular complexity index is 3020. The predicted octanol–water partition coefficient (Wildman–Crippen LogP) is 13.4. The van der Waals surface area contributed by atoms with E-state index < -0.39 is 0 Å². The molecule has 0 aliphatic heterocycles. The topological polar surface area (TPSA) is 4.93 Å². The van der Waals surface area contributed by atoms with Crippen LogP contribution < -0.4 is 0 Å². The molecule has 0 bridgehead atoms. The lowest BCUT2D eigenvalue weighted by molar-refractivity contribution is 0.660. The van der Waals surface area contributed by atoms with E-state index in [-0.39, 0.29) is 5.41 Å². The molecule has 0 N–H and O–H groups in total. The monoisotopic (exact) mass is 641 g/mol. The van der Waals surface area contributed by atoms with Gasteiger partial charge in [0.05, 0.1) is 15.7 Å². The van der Waals surface area contributed by atoms with Gasteiger partial charge in [-0.2, -0.15) is 0 Å². The highest BCUT2D eigenvalue weighted by Gasteiger charge is 2.35. The largest absolute Gasteiger partial charge is 0.308 e. The maximum atomic E-state index is 2.57. The summed E-state index contributed by atoms with van der Waals surface area (Å²) in [4.78, 5) is 0. The molecule has 0 spiro atoms. The van der Waals surface area contributed by atoms with Gasteiger partial charge in [0, 0.05) is 37.3 Å². The molecule has 8 aromatic carbocycles. The fourth-order valence-corrected chi connectivity index (χ4v) is 10.1. The summed E-state index contributed by atoms with van der Waals surface area (Å²) in [5.41, 5.74) is 11.7. The first-order chi connectivity index (χ1) is 24.1.